The molecule has 1 aliphatic heterocycles. The normalized spacial score (nSPS) is 15.3. The van der Waals surface area contributed by atoms with Crippen molar-refractivity contribution in [1.82, 2.24) is 4.57 Å². The minimum Gasteiger partial charge on any atom is -0.493 e. The number of methoxy groups -OCH3 is 2. The number of benzene rings is 2. The third-order valence-electron chi connectivity index (χ3n) is 5.44. The van der Waals surface area contributed by atoms with E-state index in [-0.39, 0.29) is 17.7 Å². The first kappa shape index (κ1) is 24.7. The van der Waals surface area contributed by atoms with Gasteiger partial charge in [-0.25, -0.2) is 9.79 Å². The minimum atomic E-state index is -0.756. The molecule has 0 spiro atoms. The van der Waals surface area contributed by atoms with E-state index in [0.29, 0.717) is 32.1 Å². The molecule has 7 nitrogen and oxygen atoms in total. The van der Waals surface area contributed by atoms with Crippen molar-refractivity contribution in [1.29, 1.82) is 0 Å². The largest absolute Gasteiger partial charge is 0.493 e. The number of hydrogen-bond donors (Lipinski definition) is 0. The summed E-state index contributed by atoms with van der Waals surface area (Å²) in [6.07, 6.45) is 3.31. The molecule has 0 fully saturated rings. The van der Waals surface area contributed by atoms with Crippen LogP contribution < -0.4 is 24.4 Å². The zero-order chi connectivity index (χ0) is 25.1. The number of nitrogens with zero attached hydrogens (tertiary/aromatic N) is 2. The van der Waals surface area contributed by atoms with Gasteiger partial charge in [0, 0.05) is 4.47 Å². The van der Waals surface area contributed by atoms with Crippen molar-refractivity contribution in [3.05, 3.63) is 102 Å². The van der Waals surface area contributed by atoms with Crippen LogP contribution in [0.1, 0.15) is 24.1 Å². The lowest BCUT2D eigenvalue weighted by atomic mass is 9.95. The molecule has 1 aromatic heterocycles. The van der Waals surface area contributed by atoms with E-state index < -0.39 is 12.0 Å². The Kier molecular flexibility index (Phi) is 7.37. The number of allylic oxidation sites excluding steroid dienone is 1. The van der Waals surface area contributed by atoms with Crippen molar-refractivity contribution < 1.29 is 19.0 Å². The summed E-state index contributed by atoms with van der Waals surface area (Å²) in [4.78, 5) is 31.9. The molecule has 35 heavy (non-hydrogen) atoms. The number of esters is 1. The third kappa shape index (κ3) is 4.87. The standard InChI is InChI=1S/C26H23BrN2O5S/c1-5-11-34-25(31)22-15(2)28-26-29(23(22)17-9-10-19(32-3)20(14-17)33-4)24(30)21(35-26)13-16-7-6-8-18(27)12-16/h5-10,12-14,23H,1,11H2,2-4H3/b21-13-. The monoisotopic (exact) mass is 554 g/mol. The molecule has 0 saturated carbocycles. The number of thiazole rings is 1. The molecule has 0 saturated heterocycles. The predicted molar refractivity (Wildman–Crippen MR) is 139 cm³/mol. The van der Waals surface area contributed by atoms with Gasteiger partial charge in [-0.1, -0.05) is 58.1 Å². The Labute approximate surface area is 214 Å². The highest BCUT2D eigenvalue weighted by atomic mass is 79.9. The van der Waals surface area contributed by atoms with E-state index in [0.717, 1.165) is 10.0 Å². The van der Waals surface area contributed by atoms with Gasteiger partial charge in [-0.3, -0.25) is 9.36 Å². The molecule has 2 heterocycles. The summed E-state index contributed by atoms with van der Waals surface area (Å²) >= 11 is 4.73. The second kappa shape index (κ2) is 10.5. The first-order chi connectivity index (χ1) is 16.9. The molecule has 4 rings (SSSR count). The number of carbonyl (C=O) groups is 1. The van der Waals surface area contributed by atoms with Gasteiger partial charge in [0.1, 0.15) is 6.61 Å². The number of aromatic nitrogens is 1. The fourth-order valence-corrected chi connectivity index (χ4v) is 5.34. The summed E-state index contributed by atoms with van der Waals surface area (Å²) in [5.74, 6) is 0.455. The van der Waals surface area contributed by atoms with E-state index in [1.807, 2.05) is 30.3 Å². The number of fused-ring (bicyclic) bond motifs is 1. The maximum atomic E-state index is 13.7. The molecular weight excluding hydrogens is 532 g/mol. The topological polar surface area (TPSA) is 79.1 Å². The molecule has 0 N–H and O–H groups in total. The molecule has 180 valence electrons. The average molecular weight is 555 g/mol. The maximum Gasteiger partial charge on any atom is 0.338 e. The Balaban J connectivity index is 1.96. The average Bonchev–Trinajstić information content (AvgIpc) is 3.15. The molecular formula is C26H23BrN2O5S. The van der Waals surface area contributed by atoms with Gasteiger partial charge in [0.15, 0.2) is 16.3 Å². The molecule has 9 heteroatoms. The Morgan fingerprint density at radius 2 is 1.97 bits per heavy atom. The van der Waals surface area contributed by atoms with Gasteiger partial charge in [0.2, 0.25) is 0 Å². The zero-order valence-electron chi connectivity index (χ0n) is 19.4. The summed E-state index contributed by atoms with van der Waals surface area (Å²) in [6.45, 7) is 5.39. The van der Waals surface area contributed by atoms with Crippen LogP contribution in [0.4, 0.5) is 0 Å². The lowest BCUT2D eigenvalue weighted by Crippen LogP contribution is -2.40. The zero-order valence-corrected chi connectivity index (χ0v) is 21.8. The molecule has 3 aromatic rings. The van der Waals surface area contributed by atoms with E-state index in [9.17, 15) is 9.59 Å². The van der Waals surface area contributed by atoms with Gasteiger partial charge in [-0.15, -0.1) is 0 Å². The van der Waals surface area contributed by atoms with Gasteiger partial charge >= 0.3 is 5.97 Å². The second-order valence-corrected chi connectivity index (χ2v) is 9.56. The van der Waals surface area contributed by atoms with Crippen LogP contribution in [-0.4, -0.2) is 31.4 Å². The van der Waals surface area contributed by atoms with Crippen LogP contribution in [0.2, 0.25) is 0 Å². The lowest BCUT2D eigenvalue weighted by Gasteiger charge is -2.25. The summed E-state index contributed by atoms with van der Waals surface area (Å²) in [6, 6.07) is 12.2. The Bertz CT molecular complexity index is 1520. The van der Waals surface area contributed by atoms with Crippen LogP contribution in [0.5, 0.6) is 11.5 Å². The van der Waals surface area contributed by atoms with Crippen LogP contribution >= 0.6 is 27.3 Å². The van der Waals surface area contributed by atoms with E-state index in [4.69, 9.17) is 14.2 Å². The van der Waals surface area contributed by atoms with E-state index in [2.05, 4.69) is 27.5 Å². The van der Waals surface area contributed by atoms with E-state index in [1.54, 1.807) is 32.2 Å². The maximum absolute atomic E-state index is 13.7. The number of hydrogen-bond acceptors (Lipinski definition) is 7. The highest BCUT2D eigenvalue weighted by Gasteiger charge is 2.34. The number of halogens is 1. The Hall–Kier alpha value is -3.43. The summed E-state index contributed by atoms with van der Waals surface area (Å²) in [5, 5.41) is 0. The van der Waals surface area contributed by atoms with Crippen molar-refractivity contribution in [3.8, 4) is 11.5 Å². The molecule has 0 aliphatic carbocycles. The molecule has 1 atom stereocenters. The highest BCUT2D eigenvalue weighted by Crippen LogP contribution is 2.36. The first-order valence-corrected chi connectivity index (χ1v) is 12.3. The molecule has 1 aliphatic rings. The minimum absolute atomic E-state index is 0.0432. The lowest BCUT2D eigenvalue weighted by molar-refractivity contribution is -0.138. The molecule has 2 aromatic carbocycles. The van der Waals surface area contributed by atoms with Gasteiger partial charge in [0.05, 0.1) is 36.1 Å². The quantitative estimate of drug-likeness (QED) is 0.328. The summed E-state index contributed by atoms with van der Waals surface area (Å²) in [7, 11) is 3.08. The Morgan fingerprint density at radius 3 is 2.66 bits per heavy atom. The van der Waals surface area contributed by atoms with Crippen LogP contribution in [0.3, 0.4) is 0 Å². The third-order valence-corrected chi connectivity index (χ3v) is 6.92. The number of ether oxygens (including phenoxy) is 3. The van der Waals surface area contributed by atoms with Crippen LogP contribution in [0, 0.1) is 0 Å². The van der Waals surface area contributed by atoms with Gasteiger partial charge in [0.25, 0.3) is 5.56 Å². The Morgan fingerprint density at radius 1 is 1.20 bits per heavy atom. The van der Waals surface area contributed by atoms with E-state index in [1.165, 1.54) is 29.1 Å². The highest BCUT2D eigenvalue weighted by molar-refractivity contribution is 9.10. The van der Waals surface area contributed by atoms with E-state index >= 15 is 0 Å². The smallest absolute Gasteiger partial charge is 0.338 e. The fourth-order valence-electron chi connectivity index (χ4n) is 3.88. The molecule has 0 amide bonds. The van der Waals surface area contributed by atoms with Crippen LogP contribution in [0.15, 0.2) is 80.6 Å². The summed E-state index contributed by atoms with van der Waals surface area (Å²) < 4.78 is 19.2. The van der Waals surface area contributed by atoms with Crippen molar-refractivity contribution in [2.24, 2.45) is 4.99 Å². The SMILES string of the molecule is C=CCOC(=O)C1=C(C)N=c2s/c(=C\c3cccc(Br)c3)c(=O)n2C1c1ccc(OC)c(OC)c1. The number of carbonyl (C=O) groups excluding carboxylic acids is 1. The molecule has 0 bridgehead atoms. The second-order valence-electron chi connectivity index (χ2n) is 7.64. The summed E-state index contributed by atoms with van der Waals surface area (Å²) in [5.41, 5.74) is 2.04. The van der Waals surface area contributed by atoms with Crippen molar-refractivity contribution in [2.45, 2.75) is 13.0 Å². The van der Waals surface area contributed by atoms with Gasteiger partial charge in [-0.05, 0) is 48.4 Å². The fraction of sp³-hybridized carbons (Fsp3) is 0.192. The number of rotatable bonds is 7. The molecule has 0 radical (unpaired) electrons. The predicted octanol–water partition coefficient (Wildman–Crippen LogP) is 3.74. The van der Waals surface area contributed by atoms with Crippen LogP contribution in [-0.2, 0) is 9.53 Å². The van der Waals surface area contributed by atoms with Crippen molar-refractivity contribution in [3.63, 3.8) is 0 Å². The van der Waals surface area contributed by atoms with Crippen molar-refractivity contribution >= 4 is 39.3 Å². The van der Waals surface area contributed by atoms with Crippen LogP contribution in [0.25, 0.3) is 6.08 Å². The van der Waals surface area contributed by atoms with Crippen molar-refractivity contribution in [2.75, 3.05) is 20.8 Å². The van der Waals surface area contributed by atoms with Gasteiger partial charge in [-0.2, -0.15) is 0 Å². The van der Waals surface area contributed by atoms with Gasteiger partial charge < -0.3 is 14.2 Å². The first-order valence-electron chi connectivity index (χ1n) is 10.7. The molecule has 1 unspecified atom stereocenters.